The molecule has 0 unspecified atom stereocenters. The van der Waals surface area contributed by atoms with E-state index in [4.69, 9.17) is 0 Å². The van der Waals surface area contributed by atoms with Gasteiger partial charge in [0.05, 0.1) is 16.4 Å². The number of benzene rings is 2. The van der Waals surface area contributed by atoms with Gasteiger partial charge in [-0.2, -0.15) is 0 Å². The molecule has 0 saturated carbocycles. The Hall–Kier alpha value is -3.31. The predicted molar refractivity (Wildman–Crippen MR) is 101 cm³/mol. The molecule has 0 aliphatic heterocycles. The zero-order valence-corrected chi connectivity index (χ0v) is 15.7. The van der Waals surface area contributed by atoms with E-state index in [1.165, 1.54) is 9.25 Å². The SMILES string of the molecule is Cn1c(-c2ccccc2)nn(CCNS(=O)(=O)c2ccc([N+](=O)[O-])cc2)c1=O. The molecular formula is C17H17N5O5S. The molecule has 0 saturated heterocycles. The molecule has 2 aromatic carbocycles. The highest BCUT2D eigenvalue weighted by molar-refractivity contribution is 7.89. The van der Waals surface area contributed by atoms with E-state index >= 15 is 0 Å². The lowest BCUT2D eigenvalue weighted by Crippen LogP contribution is -2.31. The molecule has 0 amide bonds. The van der Waals surface area contributed by atoms with E-state index in [9.17, 15) is 23.3 Å². The Morgan fingerprint density at radius 1 is 1.11 bits per heavy atom. The van der Waals surface area contributed by atoms with Crippen molar-refractivity contribution in [3.05, 3.63) is 75.2 Å². The smallest absolute Gasteiger partial charge is 0.278 e. The summed E-state index contributed by atoms with van der Waals surface area (Å²) in [6.45, 7) is -0.0316. The highest BCUT2D eigenvalue weighted by Crippen LogP contribution is 2.16. The number of hydrogen-bond acceptors (Lipinski definition) is 6. The van der Waals surface area contributed by atoms with Crippen molar-refractivity contribution in [1.82, 2.24) is 19.1 Å². The van der Waals surface area contributed by atoms with Crippen molar-refractivity contribution in [2.24, 2.45) is 7.05 Å². The van der Waals surface area contributed by atoms with Gasteiger partial charge in [-0.3, -0.25) is 14.7 Å². The Morgan fingerprint density at radius 2 is 1.75 bits per heavy atom. The summed E-state index contributed by atoms with van der Waals surface area (Å²) >= 11 is 0. The fourth-order valence-electron chi connectivity index (χ4n) is 2.59. The number of nitro benzene ring substituents is 1. The van der Waals surface area contributed by atoms with Crippen molar-refractivity contribution in [1.29, 1.82) is 0 Å². The second kappa shape index (κ2) is 7.74. The summed E-state index contributed by atoms with van der Waals surface area (Å²) in [4.78, 5) is 22.3. The van der Waals surface area contributed by atoms with Crippen molar-refractivity contribution in [2.75, 3.05) is 6.54 Å². The Balaban J connectivity index is 1.71. The number of non-ortho nitro benzene ring substituents is 1. The summed E-state index contributed by atoms with van der Waals surface area (Å²) in [6.07, 6.45) is 0. The largest absolute Gasteiger partial charge is 0.345 e. The topological polar surface area (TPSA) is 129 Å². The van der Waals surface area contributed by atoms with Gasteiger partial charge < -0.3 is 0 Å². The number of hydrogen-bond donors (Lipinski definition) is 1. The molecule has 0 atom stereocenters. The summed E-state index contributed by atoms with van der Waals surface area (Å²) in [7, 11) is -2.27. The van der Waals surface area contributed by atoms with Gasteiger partial charge in [0.1, 0.15) is 0 Å². The zero-order valence-electron chi connectivity index (χ0n) is 14.8. The second-order valence-corrected chi connectivity index (χ2v) is 7.67. The van der Waals surface area contributed by atoms with E-state index < -0.39 is 14.9 Å². The number of nitro groups is 1. The van der Waals surface area contributed by atoms with Crippen LogP contribution in [0.3, 0.4) is 0 Å². The minimum absolute atomic E-state index is 0.0335. The Labute approximate surface area is 160 Å². The molecule has 0 bridgehead atoms. The van der Waals surface area contributed by atoms with Crippen LogP contribution >= 0.6 is 0 Å². The standard InChI is InChI=1S/C17H17N5O5S/c1-20-16(13-5-3-2-4-6-13)19-21(17(20)23)12-11-18-28(26,27)15-9-7-14(8-10-15)22(24)25/h2-10,18H,11-12H2,1H3. The van der Waals surface area contributed by atoms with Gasteiger partial charge in [-0.25, -0.2) is 22.6 Å². The van der Waals surface area contributed by atoms with E-state index in [-0.39, 0.29) is 29.4 Å². The summed E-state index contributed by atoms with van der Waals surface area (Å²) in [6, 6.07) is 13.7. The van der Waals surface area contributed by atoms with Crippen LogP contribution in [0.4, 0.5) is 5.69 Å². The van der Waals surface area contributed by atoms with E-state index in [0.717, 1.165) is 29.8 Å². The predicted octanol–water partition coefficient (Wildman–Crippen LogP) is 1.14. The van der Waals surface area contributed by atoms with Gasteiger partial charge in [0, 0.05) is 31.3 Å². The Kier molecular flexibility index (Phi) is 5.38. The van der Waals surface area contributed by atoms with Crippen LogP contribution < -0.4 is 10.4 Å². The Morgan fingerprint density at radius 3 is 2.36 bits per heavy atom. The summed E-state index contributed by atoms with van der Waals surface area (Å²) < 4.78 is 29.5. The van der Waals surface area contributed by atoms with Crippen LogP contribution in [-0.2, 0) is 23.6 Å². The van der Waals surface area contributed by atoms with Crippen molar-refractivity contribution >= 4 is 15.7 Å². The third-order valence-corrected chi connectivity index (χ3v) is 5.52. The first kappa shape index (κ1) is 19.5. The first-order chi connectivity index (χ1) is 13.3. The first-order valence-electron chi connectivity index (χ1n) is 8.23. The normalized spacial score (nSPS) is 11.5. The monoisotopic (exact) mass is 403 g/mol. The van der Waals surface area contributed by atoms with Crippen LogP contribution in [0, 0.1) is 10.1 Å². The quantitative estimate of drug-likeness (QED) is 0.465. The van der Waals surface area contributed by atoms with Crippen molar-refractivity contribution in [2.45, 2.75) is 11.4 Å². The van der Waals surface area contributed by atoms with Crippen LogP contribution in [0.15, 0.2) is 64.3 Å². The molecule has 0 aliphatic rings. The third-order valence-electron chi connectivity index (χ3n) is 4.05. The van der Waals surface area contributed by atoms with Crippen LogP contribution in [0.2, 0.25) is 0 Å². The summed E-state index contributed by atoms with van der Waals surface area (Å²) in [5.41, 5.74) is 0.202. The molecule has 146 valence electrons. The lowest BCUT2D eigenvalue weighted by Gasteiger charge is -2.06. The molecule has 0 radical (unpaired) electrons. The third kappa shape index (κ3) is 4.00. The number of nitrogens with one attached hydrogen (secondary N) is 1. The maximum Gasteiger partial charge on any atom is 0.345 e. The van der Waals surface area contributed by atoms with Gasteiger partial charge >= 0.3 is 5.69 Å². The van der Waals surface area contributed by atoms with Gasteiger partial charge in [0.2, 0.25) is 10.0 Å². The molecule has 1 heterocycles. The van der Waals surface area contributed by atoms with Crippen LogP contribution in [0.1, 0.15) is 0 Å². The van der Waals surface area contributed by atoms with Gasteiger partial charge in [-0.1, -0.05) is 30.3 Å². The Bertz CT molecular complexity index is 1150. The molecule has 3 aromatic rings. The van der Waals surface area contributed by atoms with Gasteiger partial charge in [0.15, 0.2) is 5.82 Å². The fraction of sp³-hybridized carbons (Fsp3) is 0.176. The molecule has 0 spiro atoms. The molecule has 0 fully saturated rings. The maximum absolute atomic E-state index is 12.3. The average molecular weight is 403 g/mol. The number of nitrogens with zero attached hydrogens (tertiary/aromatic N) is 4. The molecular weight excluding hydrogens is 386 g/mol. The second-order valence-electron chi connectivity index (χ2n) is 5.90. The van der Waals surface area contributed by atoms with Crippen molar-refractivity contribution in [3.8, 4) is 11.4 Å². The molecule has 0 aliphatic carbocycles. The number of rotatable bonds is 7. The van der Waals surface area contributed by atoms with E-state index in [1.807, 2.05) is 30.3 Å². The van der Waals surface area contributed by atoms with Crippen LogP contribution in [-0.4, -0.2) is 34.2 Å². The molecule has 1 aromatic heterocycles. The lowest BCUT2D eigenvalue weighted by atomic mass is 10.2. The van der Waals surface area contributed by atoms with Gasteiger partial charge in [-0.05, 0) is 12.1 Å². The zero-order chi connectivity index (χ0) is 20.3. The van der Waals surface area contributed by atoms with Crippen molar-refractivity contribution < 1.29 is 13.3 Å². The number of sulfonamides is 1. The summed E-state index contributed by atoms with van der Waals surface area (Å²) in [5.74, 6) is 0.476. The molecule has 3 rings (SSSR count). The molecule has 10 nitrogen and oxygen atoms in total. The van der Waals surface area contributed by atoms with Crippen LogP contribution in [0.5, 0.6) is 0 Å². The van der Waals surface area contributed by atoms with Gasteiger partial charge in [0.25, 0.3) is 5.69 Å². The minimum Gasteiger partial charge on any atom is -0.278 e. The lowest BCUT2D eigenvalue weighted by molar-refractivity contribution is -0.384. The maximum atomic E-state index is 12.3. The van der Waals surface area contributed by atoms with E-state index in [2.05, 4.69) is 9.82 Å². The molecule has 1 N–H and O–H groups in total. The fourth-order valence-corrected chi connectivity index (χ4v) is 3.61. The first-order valence-corrected chi connectivity index (χ1v) is 9.71. The number of aromatic nitrogens is 3. The highest BCUT2D eigenvalue weighted by Gasteiger charge is 2.17. The summed E-state index contributed by atoms with van der Waals surface area (Å²) in [5, 5.41) is 14.9. The van der Waals surface area contributed by atoms with Gasteiger partial charge in [-0.15, -0.1) is 5.10 Å². The molecule has 28 heavy (non-hydrogen) atoms. The molecule has 11 heteroatoms. The highest BCUT2D eigenvalue weighted by atomic mass is 32.2. The average Bonchev–Trinajstić information content (AvgIpc) is 2.97. The van der Waals surface area contributed by atoms with E-state index in [0.29, 0.717) is 5.82 Å². The van der Waals surface area contributed by atoms with E-state index in [1.54, 1.807) is 7.05 Å². The van der Waals surface area contributed by atoms with Crippen LogP contribution in [0.25, 0.3) is 11.4 Å². The van der Waals surface area contributed by atoms with Crippen molar-refractivity contribution in [3.63, 3.8) is 0 Å². The minimum atomic E-state index is -3.86.